The third-order valence-corrected chi connectivity index (χ3v) is 3.23. The number of ether oxygens (including phenoxy) is 1. The number of methoxy groups -OCH3 is 1. The molecule has 2 atom stereocenters. The summed E-state index contributed by atoms with van der Waals surface area (Å²) in [5.41, 5.74) is 5.49. The van der Waals surface area contributed by atoms with Crippen LogP contribution in [0.3, 0.4) is 0 Å². The van der Waals surface area contributed by atoms with E-state index in [0.717, 1.165) is 25.7 Å². The zero-order valence-electron chi connectivity index (χ0n) is 11.2. The van der Waals surface area contributed by atoms with Crippen molar-refractivity contribution in [1.82, 2.24) is 10.1 Å². The topological polar surface area (TPSA) is 74.2 Å². The van der Waals surface area contributed by atoms with E-state index in [1.165, 1.54) is 0 Å². The van der Waals surface area contributed by atoms with Gasteiger partial charge in [0.1, 0.15) is 5.60 Å². The van der Waals surface area contributed by atoms with Gasteiger partial charge in [-0.05, 0) is 19.8 Å². The maximum absolute atomic E-state index is 5.98. The van der Waals surface area contributed by atoms with Crippen molar-refractivity contribution in [2.75, 3.05) is 7.11 Å². The monoisotopic (exact) mass is 241 g/mol. The quantitative estimate of drug-likeness (QED) is 0.794. The molecular formula is C12H23N3O2. The minimum Gasteiger partial charge on any atom is -0.370 e. The van der Waals surface area contributed by atoms with Crippen LogP contribution in [0.1, 0.15) is 64.2 Å². The minimum atomic E-state index is -0.494. The Labute approximate surface area is 103 Å². The third kappa shape index (κ3) is 3.26. The molecule has 0 aliphatic carbocycles. The summed E-state index contributed by atoms with van der Waals surface area (Å²) in [6.07, 6.45) is 3.83. The molecule has 0 spiro atoms. The van der Waals surface area contributed by atoms with Crippen LogP contribution in [0.4, 0.5) is 0 Å². The van der Waals surface area contributed by atoms with Gasteiger partial charge in [-0.25, -0.2) is 0 Å². The second-order valence-corrected chi connectivity index (χ2v) is 4.49. The number of rotatable bonds is 7. The molecule has 2 N–H and O–H groups in total. The fourth-order valence-electron chi connectivity index (χ4n) is 1.54. The van der Waals surface area contributed by atoms with Crippen molar-refractivity contribution < 1.29 is 9.26 Å². The molecule has 98 valence electrons. The fraction of sp³-hybridized carbons (Fsp3) is 0.833. The highest BCUT2D eigenvalue weighted by molar-refractivity contribution is 5.01. The first-order chi connectivity index (χ1) is 8.07. The van der Waals surface area contributed by atoms with Crippen LogP contribution in [-0.2, 0) is 10.3 Å². The van der Waals surface area contributed by atoms with Gasteiger partial charge in [0.25, 0.3) is 0 Å². The van der Waals surface area contributed by atoms with Crippen molar-refractivity contribution in [3.8, 4) is 0 Å². The number of hydrogen-bond acceptors (Lipinski definition) is 5. The van der Waals surface area contributed by atoms with Crippen molar-refractivity contribution in [2.24, 2.45) is 5.73 Å². The highest BCUT2D eigenvalue weighted by Gasteiger charge is 2.30. The van der Waals surface area contributed by atoms with Gasteiger partial charge in [0, 0.05) is 7.11 Å². The van der Waals surface area contributed by atoms with E-state index in [9.17, 15) is 0 Å². The minimum absolute atomic E-state index is 0.172. The molecule has 0 aliphatic heterocycles. The van der Waals surface area contributed by atoms with Crippen molar-refractivity contribution in [1.29, 1.82) is 0 Å². The van der Waals surface area contributed by atoms with Crippen LogP contribution >= 0.6 is 0 Å². The van der Waals surface area contributed by atoms with Crippen molar-refractivity contribution in [3.05, 3.63) is 11.7 Å². The van der Waals surface area contributed by atoms with Gasteiger partial charge in [-0.2, -0.15) is 4.98 Å². The summed E-state index contributed by atoms with van der Waals surface area (Å²) in [6.45, 7) is 6.10. The Bertz CT molecular complexity index is 334. The van der Waals surface area contributed by atoms with Crippen LogP contribution in [-0.4, -0.2) is 17.3 Å². The smallest absolute Gasteiger partial charge is 0.243 e. The highest BCUT2D eigenvalue weighted by atomic mass is 16.5. The molecule has 0 radical (unpaired) electrons. The number of aromatic nitrogens is 2. The third-order valence-electron chi connectivity index (χ3n) is 3.23. The Balaban J connectivity index is 2.77. The molecule has 1 aromatic heterocycles. The molecule has 1 heterocycles. The summed E-state index contributed by atoms with van der Waals surface area (Å²) in [4.78, 5) is 4.35. The molecule has 0 saturated heterocycles. The summed E-state index contributed by atoms with van der Waals surface area (Å²) in [6, 6.07) is -0.172. The highest BCUT2D eigenvalue weighted by Crippen LogP contribution is 2.26. The predicted octanol–water partition coefficient (Wildman–Crippen LogP) is 2.53. The molecular weight excluding hydrogens is 218 g/mol. The van der Waals surface area contributed by atoms with E-state index in [2.05, 4.69) is 17.1 Å². The number of nitrogens with two attached hydrogens (primary N) is 1. The van der Waals surface area contributed by atoms with E-state index < -0.39 is 5.60 Å². The standard InChI is InChI=1S/C12H23N3O2/c1-5-7-8-9(13)10-14-11(15-17-10)12(3,6-2)16-4/h9H,5-8,13H2,1-4H3/t9-,12?/m0/s1. The molecule has 1 unspecified atom stereocenters. The predicted molar refractivity (Wildman–Crippen MR) is 65.4 cm³/mol. The Hall–Kier alpha value is -0.940. The van der Waals surface area contributed by atoms with E-state index in [1.807, 2.05) is 13.8 Å². The lowest BCUT2D eigenvalue weighted by Gasteiger charge is -2.21. The van der Waals surface area contributed by atoms with Gasteiger partial charge in [0.2, 0.25) is 11.7 Å². The first-order valence-corrected chi connectivity index (χ1v) is 6.22. The van der Waals surface area contributed by atoms with Crippen molar-refractivity contribution >= 4 is 0 Å². The van der Waals surface area contributed by atoms with E-state index in [-0.39, 0.29) is 6.04 Å². The van der Waals surface area contributed by atoms with Gasteiger partial charge < -0.3 is 15.0 Å². The lowest BCUT2D eigenvalue weighted by Crippen LogP contribution is -2.25. The summed E-state index contributed by atoms with van der Waals surface area (Å²) in [7, 11) is 1.65. The van der Waals surface area contributed by atoms with Gasteiger partial charge in [-0.1, -0.05) is 31.8 Å². The second-order valence-electron chi connectivity index (χ2n) is 4.49. The van der Waals surface area contributed by atoms with Gasteiger partial charge >= 0.3 is 0 Å². The maximum atomic E-state index is 5.98. The van der Waals surface area contributed by atoms with Crippen LogP contribution in [0.25, 0.3) is 0 Å². The number of unbranched alkanes of at least 4 members (excludes halogenated alkanes) is 1. The molecule has 1 aromatic rings. The summed E-state index contributed by atoms with van der Waals surface area (Å²) in [5.74, 6) is 1.08. The van der Waals surface area contributed by atoms with Gasteiger partial charge in [-0.15, -0.1) is 0 Å². The van der Waals surface area contributed by atoms with Crippen LogP contribution < -0.4 is 5.73 Å². The van der Waals surface area contributed by atoms with Crippen molar-refractivity contribution in [2.45, 2.75) is 58.1 Å². The van der Waals surface area contributed by atoms with Gasteiger partial charge in [-0.3, -0.25) is 0 Å². The van der Waals surface area contributed by atoms with Crippen LogP contribution in [0.2, 0.25) is 0 Å². The molecule has 0 bridgehead atoms. The van der Waals surface area contributed by atoms with Crippen LogP contribution in [0.15, 0.2) is 4.52 Å². The molecule has 1 rings (SSSR count). The Morgan fingerprint density at radius 3 is 2.71 bits per heavy atom. The zero-order valence-corrected chi connectivity index (χ0v) is 11.2. The van der Waals surface area contributed by atoms with E-state index in [4.69, 9.17) is 15.0 Å². The lowest BCUT2D eigenvalue weighted by molar-refractivity contribution is -0.0106. The average molecular weight is 241 g/mol. The molecule has 0 fully saturated rings. The molecule has 0 aromatic carbocycles. The molecule has 0 saturated carbocycles. The molecule has 5 heteroatoms. The molecule has 0 amide bonds. The normalized spacial score (nSPS) is 16.8. The largest absolute Gasteiger partial charge is 0.370 e. The molecule has 17 heavy (non-hydrogen) atoms. The molecule has 0 aliphatic rings. The van der Waals surface area contributed by atoms with Crippen molar-refractivity contribution in [3.63, 3.8) is 0 Å². The SMILES string of the molecule is CCCC[C@H](N)c1nc(C(C)(CC)OC)no1. The summed E-state index contributed by atoms with van der Waals surface area (Å²) >= 11 is 0. The summed E-state index contributed by atoms with van der Waals surface area (Å²) < 4.78 is 10.6. The molecule has 5 nitrogen and oxygen atoms in total. The fourth-order valence-corrected chi connectivity index (χ4v) is 1.54. The number of nitrogens with zero attached hydrogens (tertiary/aromatic N) is 2. The first kappa shape index (κ1) is 14.1. The van der Waals surface area contributed by atoms with Gasteiger partial charge in [0.05, 0.1) is 6.04 Å². The van der Waals surface area contributed by atoms with E-state index >= 15 is 0 Å². The number of hydrogen-bond donors (Lipinski definition) is 1. The lowest BCUT2D eigenvalue weighted by atomic mass is 10.0. The second kappa shape index (κ2) is 6.12. The van der Waals surface area contributed by atoms with E-state index in [0.29, 0.717) is 11.7 Å². The summed E-state index contributed by atoms with van der Waals surface area (Å²) in [5, 5.41) is 3.97. The average Bonchev–Trinajstić information content (AvgIpc) is 2.85. The Kier molecular flexibility index (Phi) is 5.08. The van der Waals surface area contributed by atoms with Crippen LogP contribution in [0, 0.1) is 0 Å². The Morgan fingerprint density at radius 2 is 2.18 bits per heavy atom. The van der Waals surface area contributed by atoms with Gasteiger partial charge in [0.15, 0.2) is 0 Å². The maximum Gasteiger partial charge on any atom is 0.243 e. The van der Waals surface area contributed by atoms with Crippen LogP contribution in [0.5, 0.6) is 0 Å². The first-order valence-electron chi connectivity index (χ1n) is 6.22. The Morgan fingerprint density at radius 1 is 1.47 bits per heavy atom. The zero-order chi connectivity index (χ0) is 12.9. The van der Waals surface area contributed by atoms with E-state index in [1.54, 1.807) is 7.11 Å².